The first-order valence-corrected chi connectivity index (χ1v) is 5.01. The molecule has 1 unspecified atom stereocenters. The number of unbranched alkanes of at least 4 members (excludes halogenated alkanes) is 1. The summed E-state index contributed by atoms with van der Waals surface area (Å²) in [5, 5.41) is 2.79. The average molecular weight is 202 g/mol. The Bertz CT molecular complexity index is 169. The Labute approximate surface area is 83.9 Å². The lowest BCUT2D eigenvalue weighted by Gasteiger charge is -2.21. The molecule has 0 bridgehead atoms. The van der Waals surface area contributed by atoms with E-state index in [-0.39, 0.29) is 5.91 Å². The fourth-order valence-electron chi connectivity index (χ4n) is 1.23. The summed E-state index contributed by atoms with van der Waals surface area (Å²) in [4.78, 5) is 11.4. The fraction of sp³-hybridized carbons (Fsp3) is 0.889. The maximum atomic E-state index is 11.4. The van der Waals surface area contributed by atoms with Gasteiger partial charge >= 0.3 is 0 Å². The van der Waals surface area contributed by atoms with Gasteiger partial charge < -0.3 is 20.5 Å². The van der Waals surface area contributed by atoms with Crippen molar-refractivity contribution in [1.82, 2.24) is 5.32 Å². The Hall–Kier alpha value is -0.650. The summed E-state index contributed by atoms with van der Waals surface area (Å²) in [7, 11) is 0. The number of hydrogen-bond acceptors (Lipinski definition) is 4. The van der Waals surface area contributed by atoms with Crippen molar-refractivity contribution in [2.45, 2.75) is 18.9 Å². The van der Waals surface area contributed by atoms with Gasteiger partial charge in [-0.2, -0.15) is 0 Å². The quantitative estimate of drug-likeness (QED) is 0.576. The van der Waals surface area contributed by atoms with Crippen molar-refractivity contribution in [3.8, 4) is 0 Å². The second kappa shape index (κ2) is 6.75. The molecule has 82 valence electrons. The van der Waals surface area contributed by atoms with Crippen molar-refractivity contribution in [3.63, 3.8) is 0 Å². The highest BCUT2D eigenvalue weighted by Crippen LogP contribution is 2.00. The first-order valence-electron chi connectivity index (χ1n) is 5.01. The molecule has 3 N–H and O–H groups in total. The van der Waals surface area contributed by atoms with Gasteiger partial charge in [0.15, 0.2) is 6.10 Å². The minimum absolute atomic E-state index is 0.0817. The lowest BCUT2D eigenvalue weighted by atomic mass is 10.3. The predicted octanol–water partition coefficient (Wildman–Crippen LogP) is -0.743. The van der Waals surface area contributed by atoms with Gasteiger partial charge in [0.05, 0.1) is 19.8 Å². The van der Waals surface area contributed by atoms with Gasteiger partial charge in [-0.3, -0.25) is 4.79 Å². The van der Waals surface area contributed by atoms with Crippen molar-refractivity contribution in [3.05, 3.63) is 0 Å². The van der Waals surface area contributed by atoms with Crippen molar-refractivity contribution in [2.75, 3.05) is 32.9 Å². The first kappa shape index (κ1) is 11.4. The highest BCUT2D eigenvalue weighted by molar-refractivity contribution is 5.80. The van der Waals surface area contributed by atoms with Crippen LogP contribution in [0.3, 0.4) is 0 Å². The molecule has 1 amide bonds. The molecule has 1 rings (SSSR count). The number of amides is 1. The molecule has 0 aromatic heterocycles. The highest BCUT2D eigenvalue weighted by atomic mass is 16.6. The third-order valence-corrected chi connectivity index (χ3v) is 2.04. The van der Waals surface area contributed by atoms with Crippen LogP contribution in [0.4, 0.5) is 0 Å². The van der Waals surface area contributed by atoms with Gasteiger partial charge in [0.2, 0.25) is 0 Å². The third-order valence-electron chi connectivity index (χ3n) is 2.04. The van der Waals surface area contributed by atoms with Crippen LogP contribution in [0.5, 0.6) is 0 Å². The number of nitrogens with one attached hydrogen (secondary N) is 1. The van der Waals surface area contributed by atoms with E-state index in [0.717, 1.165) is 12.8 Å². The smallest absolute Gasteiger partial charge is 0.251 e. The summed E-state index contributed by atoms with van der Waals surface area (Å²) in [6.07, 6.45) is 1.42. The van der Waals surface area contributed by atoms with Gasteiger partial charge in [-0.25, -0.2) is 0 Å². The van der Waals surface area contributed by atoms with Crippen LogP contribution in [0, 0.1) is 0 Å². The van der Waals surface area contributed by atoms with Crippen LogP contribution in [0.15, 0.2) is 0 Å². The summed E-state index contributed by atoms with van der Waals surface area (Å²) in [5.74, 6) is -0.0817. The van der Waals surface area contributed by atoms with Crippen LogP contribution < -0.4 is 11.1 Å². The van der Waals surface area contributed by atoms with E-state index in [1.807, 2.05) is 0 Å². The molecule has 0 aromatic rings. The standard InChI is InChI=1S/C9H18N2O3/c10-3-1-2-4-11-9(12)8-7-13-5-6-14-8/h8H,1-7,10H2,(H,11,12). The number of carbonyl (C=O) groups is 1. The Kier molecular flexibility index (Phi) is 5.51. The van der Waals surface area contributed by atoms with E-state index in [2.05, 4.69) is 5.32 Å². The van der Waals surface area contributed by atoms with E-state index in [1.165, 1.54) is 0 Å². The second-order valence-corrected chi connectivity index (χ2v) is 3.22. The van der Waals surface area contributed by atoms with Crippen LogP contribution >= 0.6 is 0 Å². The van der Waals surface area contributed by atoms with Gasteiger partial charge in [-0.05, 0) is 19.4 Å². The number of carbonyl (C=O) groups excluding carboxylic acids is 1. The first-order chi connectivity index (χ1) is 6.84. The fourth-order valence-corrected chi connectivity index (χ4v) is 1.23. The molecule has 1 fully saturated rings. The Morgan fingerprint density at radius 1 is 1.43 bits per heavy atom. The minimum atomic E-state index is -0.429. The lowest BCUT2D eigenvalue weighted by molar-refractivity contribution is -0.147. The molecule has 14 heavy (non-hydrogen) atoms. The molecule has 0 spiro atoms. The van der Waals surface area contributed by atoms with Gasteiger partial charge in [-0.1, -0.05) is 0 Å². The molecular weight excluding hydrogens is 184 g/mol. The molecule has 5 nitrogen and oxygen atoms in total. The van der Waals surface area contributed by atoms with Crippen LogP contribution in [0.25, 0.3) is 0 Å². The Balaban J connectivity index is 2.07. The number of rotatable bonds is 5. The van der Waals surface area contributed by atoms with E-state index in [0.29, 0.717) is 32.9 Å². The predicted molar refractivity (Wildman–Crippen MR) is 51.9 cm³/mol. The minimum Gasteiger partial charge on any atom is -0.376 e. The topological polar surface area (TPSA) is 73.6 Å². The second-order valence-electron chi connectivity index (χ2n) is 3.22. The molecule has 1 saturated heterocycles. The van der Waals surface area contributed by atoms with E-state index in [4.69, 9.17) is 15.2 Å². The zero-order valence-corrected chi connectivity index (χ0v) is 8.33. The Morgan fingerprint density at radius 3 is 2.93 bits per heavy atom. The van der Waals surface area contributed by atoms with E-state index in [9.17, 15) is 4.79 Å². The molecule has 1 atom stereocenters. The summed E-state index contributed by atoms with van der Waals surface area (Å²) in [5.41, 5.74) is 5.33. The largest absolute Gasteiger partial charge is 0.376 e. The lowest BCUT2D eigenvalue weighted by Crippen LogP contribution is -2.43. The third kappa shape index (κ3) is 4.04. The molecule has 0 radical (unpaired) electrons. The molecule has 5 heteroatoms. The van der Waals surface area contributed by atoms with Crippen molar-refractivity contribution in [1.29, 1.82) is 0 Å². The molecular formula is C9H18N2O3. The number of nitrogens with two attached hydrogens (primary N) is 1. The molecule has 0 aromatic carbocycles. The molecule has 1 aliphatic heterocycles. The number of hydrogen-bond donors (Lipinski definition) is 2. The summed E-state index contributed by atoms with van der Waals surface area (Å²) in [6, 6.07) is 0. The van der Waals surface area contributed by atoms with Gasteiger partial charge in [0.25, 0.3) is 5.91 Å². The maximum Gasteiger partial charge on any atom is 0.251 e. The van der Waals surface area contributed by atoms with Crippen molar-refractivity contribution >= 4 is 5.91 Å². The van der Waals surface area contributed by atoms with Gasteiger partial charge in [0, 0.05) is 6.54 Å². The van der Waals surface area contributed by atoms with Gasteiger partial charge in [0.1, 0.15) is 0 Å². The summed E-state index contributed by atoms with van der Waals surface area (Å²) < 4.78 is 10.4. The Morgan fingerprint density at radius 2 is 2.29 bits per heavy atom. The normalized spacial score (nSPS) is 21.9. The zero-order chi connectivity index (χ0) is 10.2. The summed E-state index contributed by atoms with van der Waals surface area (Å²) >= 11 is 0. The van der Waals surface area contributed by atoms with Crippen LogP contribution in [-0.4, -0.2) is 44.9 Å². The number of ether oxygens (including phenoxy) is 2. The zero-order valence-electron chi connectivity index (χ0n) is 8.33. The van der Waals surface area contributed by atoms with E-state index >= 15 is 0 Å². The molecule has 0 saturated carbocycles. The highest BCUT2D eigenvalue weighted by Gasteiger charge is 2.21. The molecule has 0 aliphatic carbocycles. The monoisotopic (exact) mass is 202 g/mol. The van der Waals surface area contributed by atoms with Crippen molar-refractivity contribution in [2.24, 2.45) is 5.73 Å². The molecule has 1 aliphatic rings. The van der Waals surface area contributed by atoms with Gasteiger partial charge in [-0.15, -0.1) is 0 Å². The van der Waals surface area contributed by atoms with Crippen LogP contribution in [-0.2, 0) is 14.3 Å². The molecule has 1 heterocycles. The summed E-state index contributed by atoms with van der Waals surface area (Å²) in [6.45, 7) is 2.77. The van der Waals surface area contributed by atoms with Crippen molar-refractivity contribution < 1.29 is 14.3 Å². The maximum absolute atomic E-state index is 11.4. The SMILES string of the molecule is NCCCCNC(=O)C1COCCO1. The van der Waals surface area contributed by atoms with Crippen LogP contribution in [0.1, 0.15) is 12.8 Å². The van der Waals surface area contributed by atoms with Crippen LogP contribution in [0.2, 0.25) is 0 Å². The van der Waals surface area contributed by atoms with E-state index in [1.54, 1.807) is 0 Å². The average Bonchev–Trinajstić information content (AvgIpc) is 2.25. The van der Waals surface area contributed by atoms with E-state index < -0.39 is 6.10 Å².